The number of nitrogens with zero attached hydrogens (tertiary/aromatic N) is 2. The molecule has 0 unspecified atom stereocenters. The first kappa shape index (κ1) is 12.9. The van der Waals surface area contributed by atoms with Crippen LogP contribution in [0.1, 0.15) is 16.2 Å². The molecule has 0 radical (unpaired) electrons. The molecule has 0 aliphatic heterocycles. The van der Waals surface area contributed by atoms with Gasteiger partial charge in [0.15, 0.2) is 0 Å². The number of hydrogen-bond acceptors (Lipinski definition) is 5. The second kappa shape index (κ2) is 4.59. The molecule has 2 N–H and O–H groups in total. The van der Waals surface area contributed by atoms with Crippen LogP contribution >= 0.6 is 0 Å². The Morgan fingerprint density at radius 1 is 1.21 bits per heavy atom. The zero-order valence-corrected chi connectivity index (χ0v) is 9.10. The molecular weight excluding hydrogens is 267 g/mol. The summed E-state index contributed by atoms with van der Waals surface area (Å²) in [6.45, 7) is 0. The highest BCUT2D eigenvalue weighted by atomic mass is 19.4. The maximum atomic E-state index is 12.2. The Morgan fingerprint density at radius 2 is 1.84 bits per heavy atom. The number of phenols is 1. The minimum atomic E-state index is -4.77. The molecule has 0 aliphatic carbocycles. The van der Waals surface area contributed by atoms with Crippen molar-refractivity contribution in [2.45, 2.75) is 6.18 Å². The lowest BCUT2D eigenvalue weighted by atomic mass is 10.2. The normalized spacial score (nSPS) is 11.3. The van der Waals surface area contributed by atoms with E-state index in [1.54, 1.807) is 0 Å². The molecule has 9 heteroatoms. The van der Waals surface area contributed by atoms with Gasteiger partial charge in [-0.1, -0.05) is 5.10 Å². The fourth-order valence-corrected chi connectivity index (χ4v) is 1.17. The second-order valence-corrected chi connectivity index (χ2v) is 3.41. The molecule has 2 aromatic rings. The lowest BCUT2D eigenvalue weighted by molar-refractivity contribution is -0.156. The summed E-state index contributed by atoms with van der Waals surface area (Å²) in [4.78, 5) is 11.6. The van der Waals surface area contributed by atoms with Gasteiger partial charge in [0, 0.05) is 5.56 Å². The molecule has 0 saturated heterocycles. The third kappa shape index (κ3) is 3.00. The van der Waals surface area contributed by atoms with Crippen LogP contribution in [0.3, 0.4) is 0 Å². The van der Waals surface area contributed by atoms with Crippen LogP contribution < -0.4 is 5.32 Å². The van der Waals surface area contributed by atoms with Crippen molar-refractivity contribution in [1.29, 1.82) is 0 Å². The summed E-state index contributed by atoms with van der Waals surface area (Å²) in [7, 11) is 0. The van der Waals surface area contributed by atoms with Gasteiger partial charge in [-0.2, -0.15) is 13.2 Å². The molecule has 0 fully saturated rings. The standard InChI is InChI=1S/C10H6F3N3O3/c11-10(12,13)8-15-16-9(19-8)14-7(18)5-1-3-6(17)4-2-5/h1-4,17H,(H,14,16,18). The van der Waals surface area contributed by atoms with Gasteiger partial charge in [0.05, 0.1) is 0 Å². The molecule has 0 bridgehead atoms. The molecular formula is C10H6F3N3O3. The Bertz CT molecular complexity index is 592. The average molecular weight is 273 g/mol. The monoisotopic (exact) mass is 273 g/mol. The van der Waals surface area contributed by atoms with Crippen molar-refractivity contribution in [2.24, 2.45) is 0 Å². The van der Waals surface area contributed by atoms with Crippen LogP contribution in [0.5, 0.6) is 5.75 Å². The molecule has 6 nitrogen and oxygen atoms in total. The van der Waals surface area contributed by atoms with Gasteiger partial charge in [-0.3, -0.25) is 10.1 Å². The highest BCUT2D eigenvalue weighted by Crippen LogP contribution is 2.28. The number of rotatable bonds is 2. The Kier molecular flexibility index (Phi) is 3.11. The topological polar surface area (TPSA) is 88.3 Å². The summed E-state index contributed by atoms with van der Waals surface area (Å²) in [5.74, 6) is -2.33. The number of benzene rings is 1. The summed E-state index contributed by atoms with van der Waals surface area (Å²) >= 11 is 0. The third-order valence-corrected chi connectivity index (χ3v) is 2.02. The van der Waals surface area contributed by atoms with Gasteiger partial charge in [-0.25, -0.2) is 0 Å². The molecule has 100 valence electrons. The first-order valence-corrected chi connectivity index (χ1v) is 4.87. The Labute approximate surface area is 103 Å². The van der Waals surface area contributed by atoms with Crippen LogP contribution in [-0.4, -0.2) is 21.2 Å². The smallest absolute Gasteiger partial charge is 0.470 e. The number of aromatic nitrogens is 2. The van der Waals surface area contributed by atoms with Crippen molar-refractivity contribution in [3.8, 4) is 5.75 Å². The van der Waals surface area contributed by atoms with Crippen molar-refractivity contribution in [3.63, 3.8) is 0 Å². The van der Waals surface area contributed by atoms with E-state index in [4.69, 9.17) is 5.11 Å². The summed E-state index contributed by atoms with van der Waals surface area (Å²) in [5.41, 5.74) is 0.115. The number of carbonyl (C=O) groups is 1. The van der Waals surface area contributed by atoms with Crippen molar-refractivity contribution >= 4 is 11.9 Å². The first-order chi connectivity index (χ1) is 8.86. The van der Waals surface area contributed by atoms with E-state index in [0.717, 1.165) is 0 Å². The number of aromatic hydroxyl groups is 1. The SMILES string of the molecule is O=C(Nc1nnc(C(F)(F)F)o1)c1ccc(O)cc1. The van der Waals surface area contributed by atoms with E-state index < -0.39 is 24.0 Å². The van der Waals surface area contributed by atoms with Crippen molar-refractivity contribution in [1.82, 2.24) is 10.2 Å². The number of hydrogen-bond donors (Lipinski definition) is 2. The van der Waals surface area contributed by atoms with E-state index in [-0.39, 0.29) is 11.3 Å². The molecule has 1 amide bonds. The predicted molar refractivity (Wildman–Crippen MR) is 55.4 cm³/mol. The van der Waals surface area contributed by atoms with E-state index in [0.29, 0.717) is 0 Å². The van der Waals surface area contributed by atoms with E-state index in [2.05, 4.69) is 14.6 Å². The van der Waals surface area contributed by atoms with E-state index >= 15 is 0 Å². The number of carbonyl (C=O) groups excluding carboxylic acids is 1. The number of alkyl halides is 3. The summed E-state index contributed by atoms with van der Waals surface area (Å²) < 4.78 is 40.7. The molecule has 0 atom stereocenters. The number of nitrogens with one attached hydrogen (secondary N) is 1. The fourth-order valence-electron chi connectivity index (χ4n) is 1.17. The minimum absolute atomic E-state index is 0.0475. The lowest BCUT2D eigenvalue weighted by Crippen LogP contribution is -2.11. The molecule has 0 aliphatic rings. The number of amides is 1. The fraction of sp³-hybridized carbons (Fsp3) is 0.100. The largest absolute Gasteiger partial charge is 0.508 e. The lowest BCUT2D eigenvalue weighted by Gasteiger charge is -2.01. The molecule has 0 spiro atoms. The predicted octanol–water partition coefficient (Wildman–Crippen LogP) is 2.05. The molecule has 1 heterocycles. The summed E-state index contributed by atoms with van der Waals surface area (Å²) in [6, 6.07) is 4.41. The molecule has 0 saturated carbocycles. The Balaban J connectivity index is 2.11. The summed E-state index contributed by atoms with van der Waals surface area (Å²) in [6.07, 6.45) is -4.77. The van der Waals surface area contributed by atoms with Gasteiger partial charge in [0.2, 0.25) is 0 Å². The summed E-state index contributed by atoms with van der Waals surface area (Å²) in [5, 5.41) is 16.8. The van der Waals surface area contributed by atoms with Gasteiger partial charge in [-0.15, -0.1) is 5.10 Å². The van der Waals surface area contributed by atoms with E-state index in [9.17, 15) is 18.0 Å². The van der Waals surface area contributed by atoms with Crippen molar-refractivity contribution in [3.05, 3.63) is 35.7 Å². The van der Waals surface area contributed by atoms with Gasteiger partial charge in [0.1, 0.15) is 5.75 Å². The quantitative estimate of drug-likeness (QED) is 0.874. The van der Waals surface area contributed by atoms with Crippen molar-refractivity contribution in [2.75, 3.05) is 5.32 Å². The van der Waals surface area contributed by atoms with Crippen LogP contribution in [0, 0.1) is 0 Å². The molecule has 19 heavy (non-hydrogen) atoms. The number of anilines is 1. The maximum absolute atomic E-state index is 12.2. The minimum Gasteiger partial charge on any atom is -0.508 e. The van der Waals surface area contributed by atoms with Gasteiger partial charge >= 0.3 is 18.1 Å². The van der Waals surface area contributed by atoms with E-state index in [1.165, 1.54) is 24.3 Å². The van der Waals surface area contributed by atoms with Crippen LogP contribution in [0.2, 0.25) is 0 Å². The molecule has 1 aromatic carbocycles. The van der Waals surface area contributed by atoms with E-state index in [1.807, 2.05) is 5.32 Å². The second-order valence-electron chi connectivity index (χ2n) is 3.41. The highest BCUT2D eigenvalue weighted by Gasteiger charge is 2.38. The van der Waals surface area contributed by atoms with Crippen LogP contribution in [0.4, 0.5) is 19.2 Å². The number of halogens is 3. The Morgan fingerprint density at radius 3 is 2.37 bits per heavy atom. The Hall–Kier alpha value is -2.58. The molecule has 1 aromatic heterocycles. The third-order valence-electron chi connectivity index (χ3n) is 2.02. The number of phenolic OH excluding ortho intramolecular Hbond substituents is 1. The molecule has 2 rings (SSSR count). The van der Waals surface area contributed by atoms with Gasteiger partial charge in [0.25, 0.3) is 5.91 Å². The first-order valence-electron chi connectivity index (χ1n) is 4.87. The van der Waals surface area contributed by atoms with Gasteiger partial charge < -0.3 is 9.52 Å². The maximum Gasteiger partial charge on any atom is 0.470 e. The zero-order valence-electron chi connectivity index (χ0n) is 9.10. The van der Waals surface area contributed by atoms with Crippen LogP contribution in [0.15, 0.2) is 28.7 Å². The van der Waals surface area contributed by atoms with Crippen LogP contribution in [0.25, 0.3) is 0 Å². The zero-order chi connectivity index (χ0) is 14.0. The van der Waals surface area contributed by atoms with Gasteiger partial charge in [-0.05, 0) is 24.3 Å². The highest BCUT2D eigenvalue weighted by molar-refractivity contribution is 6.03. The van der Waals surface area contributed by atoms with Crippen LogP contribution in [-0.2, 0) is 6.18 Å². The van der Waals surface area contributed by atoms with Crippen molar-refractivity contribution < 1.29 is 27.5 Å². The average Bonchev–Trinajstić information content (AvgIpc) is 2.78.